The molecule has 0 saturated carbocycles. The van der Waals surface area contributed by atoms with Gasteiger partial charge in [0.05, 0.1) is 0 Å². The molecule has 1 N–H and O–H groups in total. The summed E-state index contributed by atoms with van der Waals surface area (Å²) < 4.78 is 25.9. The summed E-state index contributed by atoms with van der Waals surface area (Å²) in [4.78, 5) is 0. The molecule has 0 amide bonds. The number of para-hydroxylation sites is 1. The van der Waals surface area contributed by atoms with Crippen molar-refractivity contribution in [2.24, 2.45) is 0 Å². The average molecular weight is 230 g/mol. The first-order valence-electron chi connectivity index (χ1n) is 4.59. The molecule has 0 aromatic heterocycles. The van der Waals surface area contributed by atoms with Crippen LogP contribution in [0.5, 0.6) is 0 Å². The van der Waals surface area contributed by atoms with E-state index >= 15 is 0 Å². The van der Waals surface area contributed by atoms with Crippen molar-refractivity contribution >= 4 is 22.9 Å². The van der Waals surface area contributed by atoms with E-state index in [-0.39, 0.29) is 0 Å². The highest BCUT2D eigenvalue weighted by Crippen LogP contribution is 2.35. The van der Waals surface area contributed by atoms with Gasteiger partial charge in [0.1, 0.15) is 6.04 Å². The van der Waals surface area contributed by atoms with E-state index in [4.69, 9.17) is 11.6 Å². The lowest BCUT2D eigenvalue weighted by Crippen LogP contribution is -2.35. The van der Waals surface area contributed by atoms with Crippen molar-refractivity contribution in [2.75, 3.05) is 5.32 Å². The SMILES string of the molecule is CC1=CC(C(F)(F)Cl)Nc2ccccc21. The second kappa shape index (κ2) is 3.49. The molecule has 80 valence electrons. The number of allylic oxidation sites excluding steroid dienone is 1. The summed E-state index contributed by atoms with van der Waals surface area (Å²) in [5.41, 5.74) is 2.45. The highest BCUT2D eigenvalue weighted by Gasteiger charge is 2.37. The number of alkyl halides is 3. The molecular formula is C11H10ClF2N. The smallest absolute Gasteiger partial charge is 0.344 e. The molecule has 1 aromatic rings. The number of hydrogen-bond donors (Lipinski definition) is 1. The first-order valence-corrected chi connectivity index (χ1v) is 4.97. The van der Waals surface area contributed by atoms with E-state index in [2.05, 4.69) is 5.32 Å². The van der Waals surface area contributed by atoms with Crippen LogP contribution in [0, 0.1) is 0 Å². The lowest BCUT2D eigenvalue weighted by molar-refractivity contribution is 0.0884. The van der Waals surface area contributed by atoms with Crippen LogP contribution in [0.3, 0.4) is 0 Å². The van der Waals surface area contributed by atoms with Crippen molar-refractivity contribution in [3.8, 4) is 0 Å². The van der Waals surface area contributed by atoms with Crippen molar-refractivity contribution in [2.45, 2.75) is 18.3 Å². The van der Waals surface area contributed by atoms with Crippen LogP contribution >= 0.6 is 11.6 Å². The highest BCUT2D eigenvalue weighted by atomic mass is 35.5. The van der Waals surface area contributed by atoms with Gasteiger partial charge in [-0.2, -0.15) is 8.78 Å². The summed E-state index contributed by atoms with van der Waals surface area (Å²) in [6, 6.07) is 6.18. The van der Waals surface area contributed by atoms with E-state index < -0.39 is 11.4 Å². The summed E-state index contributed by atoms with van der Waals surface area (Å²) in [5, 5.41) is -0.560. The van der Waals surface area contributed by atoms with E-state index in [1.807, 2.05) is 12.1 Å². The molecule has 0 aliphatic carbocycles. The van der Waals surface area contributed by atoms with Crippen LogP contribution in [-0.4, -0.2) is 11.4 Å². The maximum Gasteiger partial charge on any atom is 0.344 e. The molecule has 0 fully saturated rings. The molecule has 0 spiro atoms. The molecule has 1 heterocycles. The number of fused-ring (bicyclic) bond motifs is 1. The lowest BCUT2D eigenvalue weighted by Gasteiger charge is -2.27. The van der Waals surface area contributed by atoms with Gasteiger partial charge < -0.3 is 5.32 Å². The Kier molecular flexibility index (Phi) is 2.43. The number of halogens is 3. The van der Waals surface area contributed by atoms with Gasteiger partial charge in [-0.3, -0.25) is 0 Å². The summed E-state index contributed by atoms with van der Waals surface area (Å²) >= 11 is 5.00. The van der Waals surface area contributed by atoms with Crippen LogP contribution in [-0.2, 0) is 0 Å². The second-order valence-corrected chi connectivity index (χ2v) is 4.06. The fraction of sp³-hybridized carbons (Fsp3) is 0.273. The molecule has 1 aliphatic heterocycles. The van der Waals surface area contributed by atoms with Crippen LogP contribution in [0.2, 0.25) is 0 Å². The number of nitrogens with one attached hydrogen (secondary N) is 1. The molecule has 0 radical (unpaired) electrons. The summed E-state index contributed by atoms with van der Waals surface area (Å²) in [5.74, 6) is 0. The van der Waals surface area contributed by atoms with Crippen molar-refractivity contribution in [3.05, 3.63) is 35.9 Å². The van der Waals surface area contributed by atoms with Gasteiger partial charge in [0.15, 0.2) is 0 Å². The minimum absolute atomic E-state index is 0.697. The van der Waals surface area contributed by atoms with Gasteiger partial charge in [0.25, 0.3) is 0 Å². The van der Waals surface area contributed by atoms with Crippen molar-refractivity contribution in [1.82, 2.24) is 0 Å². The topological polar surface area (TPSA) is 12.0 Å². The van der Waals surface area contributed by atoms with Crippen LogP contribution in [0.15, 0.2) is 30.3 Å². The largest absolute Gasteiger partial charge is 0.372 e. The van der Waals surface area contributed by atoms with Gasteiger partial charge >= 0.3 is 5.38 Å². The third kappa shape index (κ3) is 1.97. The van der Waals surface area contributed by atoms with E-state index in [9.17, 15) is 8.78 Å². The Bertz CT molecular complexity index is 409. The van der Waals surface area contributed by atoms with Gasteiger partial charge in [-0.15, -0.1) is 0 Å². The summed E-state index contributed by atoms with van der Waals surface area (Å²) in [6.45, 7) is 1.80. The van der Waals surface area contributed by atoms with E-state index in [0.717, 1.165) is 11.1 Å². The Labute approximate surface area is 91.7 Å². The fourth-order valence-corrected chi connectivity index (χ4v) is 1.80. The molecular weight excluding hydrogens is 220 g/mol. The minimum atomic E-state index is -3.27. The number of hydrogen-bond acceptors (Lipinski definition) is 1. The number of anilines is 1. The molecule has 0 saturated heterocycles. The first kappa shape index (κ1) is 10.4. The van der Waals surface area contributed by atoms with Gasteiger partial charge in [-0.1, -0.05) is 24.3 Å². The molecule has 1 atom stereocenters. The number of rotatable bonds is 1. The second-order valence-electron chi connectivity index (χ2n) is 3.56. The summed E-state index contributed by atoms with van der Waals surface area (Å²) in [7, 11) is 0. The van der Waals surface area contributed by atoms with Crippen molar-refractivity contribution in [1.29, 1.82) is 0 Å². The molecule has 4 heteroatoms. The summed E-state index contributed by atoms with van der Waals surface area (Å²) in [6.07, 6.45) is 1.45. The monoisotopic (exact) mass is 229 g/mol. The van der Waals surface area contributed by atoms with E-state index in [0.29, 0.717) is 5.69 Å². The third-order valence-corrected chi connectivity index (χ3v) is 2.67. The zero-order valence-corrected chi connectivity index (χ0v) is 8.85. The average Bonchev–Trinajstić information content (AvgIpc) is 2.16. The highest BCUT2D eigenvalue weighted by molar-refractivity contribution is 6.22. The lowest BCUT2D eigenvalue weighted by atomic mass is 9.98. The molecule has 1 aliphatic rings. The maximum absolute atomic E-state index is 12.9. The van der Waals surface area contributed by atoms with Gasteiger partial charge in [0.2, 0.25) is 0 Å². The third-order valence-electron chi connectivity index (χ3n) is 2.43. The molecule has 1 nitrogen and oxygen atoms in total. The fourth-order valence-electron chi connectivity index (χ4n) is 1.68. The maximum atomic E-state index is 12.9. The molecule has 2 rings (SSSR count). The van der Waals surface area contributed by atoms with Gasteiger partial charge in [-0.05, 0) is 30.2 Å². The first-order chi connectivity index (χ1) is 6.98. The molecule has 0 bridgehead atoms. The van der Waals surface area contributed by atoms with Gasteiger partial charge in [0, 0.05) is 11.3 Å². The molecule has 1 aromatic carbocycles. The molecule has 15 heavy (non-hydrogen) atoms. The zero-order valence-electron chi connectivity index (χ0n) is 8.10. The predicted molar refractivity (Wildman–Crippen MR) is 58.3 cm³/mol. The van der Waals surface area contributed by atoms with Crippen LogP contribution < -0.4 is 5.32 Å². The van der Waals surface area contributed by atoms with Crippen molar-refractivity contribution in [3.63, 3.8) is 0 Å². The zero-order chi connectivity index (χ0) is 11.1. The van der Waals surface area contributed by atoms with Crippen LogP contribution in [0.25, 0.3) is 5.57 Å². The van der Waals surface area contributed by atoms with Crippen LogP contribution in [0.4, 0.5) is 14.5 Å². The van der Waals surface area contributed by atoms with Gasteiger partial charge in [-0.25, -0.2) is 0 Å². The Morgan fingerprint density at radius 2 is 2.00 bits per heavy atom. The molecule has 1 unspecified atom stereocenters. The van der Waals surface area contributed by atoms with E-state index in [1.165, 1.54) is 6.08 Å². The Morgan fingerprint density at radius 3 is 2.67 bits per heavy atom. The number of benzene rings is 1. The Hall–Kier alpha value is -1.09. The Morgan fingerprint density at radius 1 is 1.33 bits per heavy atom. The van der Waals surface area contributed by atoms with E-state index in [1.54, 1.807) is 19.1 Å². The standard InChI is InChI=1S/C11H10ClF2N/c1-7-6-10(11(12,13)14)15-9-5-3-2-4-8(7)9/h2-6,10,15H,1H3. The van der Waals surface area contributed by atoms with Crippen molar-refractivity contribution < 1.29 is 8.78 Å². The Balaban J connectivity index is 2.41. The quantitative estimate of drug-likeness (QED) is 0.724. The van der Waals surface area contributed by atoms with Crippen LogP contribution in [0.1, 0.15) is 12.5 Å². The normalized spacial score (nSPS) is 20.3. The predicted octanol–water partition coefficient (Wildman–Crippen LogP) is 3.72. The minimum Gasteiger partial charge on any atom is -0.372 e.